The van der Waals surface area contributed by atoms with E-state index >= 15 is 0 Å². The second-order valence-electron chi connectivity index (χ2n) is 7.00. The Morgan fingerprint density at radius 3 is 1.59 bits per heavy atom. The number of halogens is 1. The SMILES string of the molecule is CCCCCCCCCCCCc1ccc(CCl)cc1.OCC[SH+]CCO. The lowest BCUT2D eigenvalue weighted by molar-refractivity contribution is 0.317. The van der Waals surface area contributed by atoms with E-state index in [4.69, 9.17) is 21.8 Å². The molecule has 0 radical (unpaired) electrons. The summed E-state index contributed by atoms with van der Waals surface area (Å²) in [5.41, 5.74) is 2.68. The van der Waals surface area contributed by atoms with Crippen LogP contribution in [0.1, 0.15) is 82.3 Å². The first-order valence-corrected chi connectivity index (χ1v) is 12.6. The minimum atomic E-state index is 0.238. The molecule has 0 unspecified atom stereocenters. The van der Waals surface area contributed by atoms with E-state index in [1.165, 1.54) is 81.8 Å². The van der Waals surface area contributed by atoms with Gasteiger partial charge in [-0.2, -0.15) is 0 Å². The number of aliphatic hydroxyl groups is 2. The van der Waals surface area contributed by atoms with Gasteiger partial charge in [0.05, 0.1) is 13.2 Å². The van der Waals surface area contributed by atoms with Gasteiger partial charge in [0.1, 0.15) is 11.5 Å². The van der Waals surface area contributed by atoms with Crippen molar-refractivity contribution in [2.75, 3.05) is 24.7 Å². The highest BCUT2D eigenvalue weighted by atomic mass is 35.5. The smallest absolute Gasteiger partial charge is 0.128 e. The third-order valence-electron chi connectivity index (χ3n) is 4.51. The van der Waals surface area contributed by atoms with Crippen molar-refractivity contribution in [3.05, 3.63) is 35.4 Å². The summed E-state index contributed by atoms with van der Waals surface area (Å²) in [6.07, 6.45) is 15.3. The molecule has 0 aliphatic rings. The van der Waals surface area contributed by atoms with Gasteiger partial charge in [0, 0.05) is 5.88 Å². The fourth-order valence-corrected chi connectivity index (χ4v) is 3.55. The number of thiol groups is 1. The lowest BCUT2D eigenvalue weighted by Gasteiger charge is -2.04. The van der Waals surface area contributed by atoms with Gasteiger partial charge in [-0.05, 0) is 35.7 Å². The highest BCUT2D eigenvalue weighted by molar-refractivity contribution is 7.78. The summed E-state index contributed by atoms with van der Waals surface area (Å²) in [5, 5.41) is 16.4. The molecular formula is C23H42ClO2S+. The Kier molecular flexibility index (Phi) is 21.9. The van der Waals surface area contributed by atoms with Crippen molar-refractivity contribution in [3.63, 3.8) is 0 Å². The molecule has 2 N–H and O–H groups in total. The maximum atomic E-state index is 8.20. The maximum absolute atomic E-state index is 8.20. The Labute approximate surface area is 177 Å². The summed E-state index contributed by atoms with van der Waals surface area (Å²) < 4.78 is 0. The fraction of sp³-hybridized carbons (Fsp3) is 0.739. The molecule has 1 aromatic rings. The van der Waals surface area contributed by atoms with Crippen molar-refractivity contribution in [3.8, 4) is 0 Å². The van der Waals surface area contributed by atoms with E-state index in [9.17, 15) is 0 Å². The molecule has 1 rings (SSSR count). The van der Waals surface area contributed by atoms with E-state index in [0.717, 1.165) is 23.3 Å². The van der Waals surface area contributed by atoms with E-state index in [-0.39, 0.29) is 13.2 Å². The van der Waals surface area contributed by atoms with E-state index < -0.39 is 0 Å². The van der Waals surface area contributed by atoms with Crippen molar-refractivity contribution < 1.29 is 10.2 Å². The standard InChI is InChI=1S/C19H31Cl.C4H10O2S/c1-2-3-4-5-6-7-8-9-10-11-12-18-13-15-19(17-20)16-14-18;5-1-3-7-4-2-6/h13-16H,2-12,17H2,1H3;5-6H,1-4H2/p+1. The Bertz CT molecular complexity index is 394. The lowest BCUT2D eigenvalue weighted by Crippen LogP contribution is -2.01. The van der Waals surface area contributed by atoms with Gasteiger partial charge < -0.3 is 10.2 Å². The monoisotopic (exact) mass is 417 g/mol. The normalized spacial score (nSPS) is 10.5. The van der Waals surface area contributed by atoms with Crippen molar-refractivity contribution in [1.82, 2.24) is 0 Å². The van der Waals surface area contributed by atoms with Gasteiger partial charge in [-0.3, -0.25) is 0 Å². The first-order chi connectivity index (χ1) is 13.3. The summed E-state index contributed by atoms with van der Waals surface area (Å²) in [5.74, 6) is 2.21. The minimum absolute atomic E-state index is 0.238. The molecule has 27 heavy (non-hydrogen) atoms. The van der Waals surface area contributed by atoms with E-state index in [1.807, 2.05) is 0 Å². The molecule has 0 saturated heterocycles. The fourth-order valence-electron chi connectivity index (χ4n) is 2.86. The van der Waals surface area contributed by atoms with E-state index in [0.29, 0.717) is 5.88 Å². The van der Waals surface area contributed by atoms with Crippen LogP contribution in [0, 0.1) is 0 Å². The van der Waals surface area contributed by atoms with Gasteiger partial charge in [0.25, 0.3) is 0 Å². The quantitative estimate of drug-likeness (QED) is 0.157. The van der Waals surface area contributed by atoms with Crippen LogP contribution < -0.4 is 0 Å². The molecule has 158 valence electrons. The molecule has 2 nitrogen and oxygen atoms in total. The van der Waals surface area contributed by atoms with Gasteiger partial charge in [-0.25, -0.2) is 0 Å². The molecule has 0 aliphatic carbocycles. The highest BCUT2D eigenvalue weighted by Gasteiger charge is 1.96. The van der Waals surface area contributed by atoms with Crippen molar-refractivity contribution in [2.45, 2.75) is 83.4 Å². The Balaban J connectivity index is 0.000000821. The molecule has 1 aromatic carbocycles. The van der Waals surface area contributed by atoms with Gasteiger partial charge in [-0.15, -0.1) is 11.6 Å². The topological polar surface area (TPSA) is 40.5 Å². The van der Waals surface area contributed by atoms with Crippen molar-refractivity contribution >= 4 is 23.4 Å². The second kappa shape index (κ2) is 22.1. The van der Waals surface area contributed by atoms with E-state index in [1.54, 1.807) is 0 Å². The maximum Gasteiger partial charge on any atom is 0.128 e. The van der Waals surface area contributed by atoms with Crippen LogP contribution in [0.5, 0.6) is 0 Å². The number of aryl methyl sites for hydroxylation is 1. The summed E-state index contributed by atoms with van der Waals surface area (Å²) >= 11 is 6.94. The number of hydrogen-bond acceptors (Lipinski definition) is 2. The van der Waals surface area contributed by atoms with Crippen LogP contribution in [0.3, 0.4) is 0 Å². The Morgan fingerprint density at radius 2 is 1.15 bits per heavy atom. The lowest BCUT2D eigenvalue weighted by atomic mass is 10.0. The summed E-state index contributed by atoms with van der Waals surface area (Å²) in [4.78, 5) is 0. The van der Waals surface area contributed by atoms with Crippen LogP contribution in [0.2, 0.25) is 0 Å². The molecule has 0 aliphatic heterocycles. The number of rotatable bonds is 16. The second-order valence-corrected chi connectivity index (χ2v) is 8.61. The number of benzene rings is 1. The zero-order valence-corrected chi connectivity index (χ0v) is 19.0. The van der Waals surface area contributed by atoms with E-state index in [2.05, 4.69) is 31.2 Å². The highest BCUT2D eigenvalue weighted by Crippen LogP contribution is 2.13. The first kappa shape index (κ1) is 26.8. The Hall–Kier alpha value is -0.220. The minimum Gasteiger partial charge on any atom is -0.391 e. The van der Waals surface area contributed by atoms with Crippen LogP contribution in [0.25, 0.3) is 0 Å². The summed E-state index contributed by atoms with van der Waals surface area (Å²) in [6, 6.07) is 8.76. The van der Waals surface area contributed by atoms with Gasteiger partial charge >= 0.3 is 0 Å². The third kappa shape index (κ3) is 18.9. The average molecular weight is 418 g/mol. The van der Waals surface area contributed by atoms with Gasteiger partial charge in [0.2, 0.25) is 0 Å². The van der Waals surface area contributed by atoms with Crippen LogP contribution in [-0.4, -0.2) is 34.9 Å². The molecule has 4 heteroatoms. The molecule has 0 aromatic heterocycles. The molecule has 0 spiro atoms. The number of aliphatic hydroxyl groups excluding tert-OH is 2. The zero-order valence-electron chi connectivity index (χ0n) is 17.3. The van der Waals surface area contributed by atoms with Gasteiger partial charge in [0.15, 0.2) is 0 Å². The molecule has 0 amide bonds. The molecular weight excluding hydrogens is 376 g/mol. The van der Waals surface area contributed by atoms with Crippen molar-refractivity contribution in [1.29, 1.82) is 0 Å². The molecule has 0 heterocycles. The van der Waals surface area contributed by atoms with Crippen LogP contribution in [-0.2, 0) is 24.1 Å². The predicted molar refractivity (Wildman–Crippen MR) is 124 cm³/mol. The van der Waals surface area contributed by atoms with Gasteiger partial charge in [-0.1, -0.05) is 89.0 Å². The largest absolute Gasteiger partial charge is 0.391 e. The molecule has 0 atom stereocenters. The van der Waals surface area contributed by atoms with Crippen molar-refractivity contribution in [2.24, 2.45) is 0 Å². The van der Waals surface area contributed by atoms with Crippen LogP contribution in [0.15, 0.2) is 24.3 Å². The molecule has 0 bridgehead atoms. The summed E-state index contributed by atoms with van der Waals surface area (Å²) in [6.45, 7) is 2.76. The number of unbranched alkanes of at least 4 members (excludes halogenated alkanes) is 9. The first-order valence-electron chi connectivity index (χ1n) is 10.8. The number of alkyl halides is 1. The zero-order chi connectivity index (χ0) is 20.0. The van der Waals surface area contributed by atoms with Crippen LogP contribution >= 0.6 is 11.6 Å². The molecule has 0 saturated carbocycles. The summed E-state index contributed by atoms with van der Waals surface area (Å²) in [7, 11) is 0. The number of hydrogen-bond donors (Lipinski definition) is 2. The molecule has 0 fully saturated rings. The third-order valence-corrected chi connectivity index (χ3v) is 5.85. The average Bonchev–Trinajstić information content (AvgIpc) is 2.71. The predicted octanol–water partition coefficient (Wildman–Crippen LogP) is 5.67. The van der Waals surface area contributed by atoms with Crippen LogP contribution in [0.4, 0.5) is 0 Å². The Morgan fingerprint density at radius 1 is 0.704 bits per heavy atom.